The summed E-state index contributed by atoms with van der Waals surface area (Å²) in [6, 6.07) is 11.6. The van der Waals surface area contributed by atoms with Crippen molar-refractivity contribution in [2.45, 2.75) is 64.7 Å². The first-order valence-corrected chi connectivity index (χ1v) is 12.6. The molecule has 1 aliphatic carbocycles. The van der Waals surface area contributed by atoms with Gasteiger partial charge in [0.25, 0.3) is 0 Å². The molecule has 4 heteroatoms. The molecule has 4 rings (SSSR count). The minimum absolute atomic E-state index is 0.171. The van der Waals surface area contributed by atoms with Crippen molar-refractivity contribution in [2.24, 2.45) is 27.1 Å². The Hall–Kier alpha value is -2.20. The molecule has 0 N–H and O–H groups in total. The quantitative estimate of drug-likeness (QED) is 0.332. The first-order valence-electron chi connectivity index (χ1n) is 11.8. The van der Waals surface area contributed by atoms with Crippen molar-refractivity contribution in [3.8, 4) is 0 Å². The summed E-state index contributed by atoms with van der Waals surface area (Å²) < 4.78 is 18.4. The fourth-order valence-electron chi connectivity index (χ4n) is 5.46. The van der Waals surface area contributed by atoms with Crippen molar-refractivity contribution in [3.05, 3.63) is 65.0 Å². The number of hydrogen-bond acceptors (Lipinski definition) is 3. The summed E-state index contributed by atoms with van der Waals surface area (Å²) in [5.74, 6) is 1.47. The third-order valence-corrected chi connectivity index (χ3v) is 7.90. The summed E-state index contributed by atoms with van der Waals surface area (Å²) in [5.41, 5.74) is 7.15. The molecule has 1 fully saturated rings. The van der Waals surface area contributed by atoms with E-state index in [2.05, 4.69) is 56.4 Å². The predicted molar refractivity (Wildman–Crippen MR) is 137 cm³/mol. The highest BCUT2D eigenvalue weighted by atomic mass is 32.2. The highest BCUT2D eigenvalue weighted by Gasteiger charge is 2.31. The Kier molecular flexibility index (Phi) is 7.30. The number of nitrogens with zero attached hydrogens (tertiary/aromatic N) is 2. The molecule has 0 saturated heterocycles. The Bertz CT molecular complexity index is 1060. The molecule has 1 atom stereocenters. The molecule has 2 aromatic rings. The monoisotopic (exact) mass is 448 g/mol. The van der Waals surface area contributed by atoms with Gasteiger partial charge in [0.15, 0.2) is 0 Å². The average molecular weight is 449 g/mol. The van der Waals surface area contributed by atoms with Gasteiger partial charge in [-0.15, -0.1) is 0 Å². The first-order chi connectivity index (χ1) is 15.5. The molecular weight excluding hydrogens is 415 g/mol. The molecule has 0 aromatic heterocycles. The van der Waals surface area contributed by atoms with Gasteiger partial charge in [-0.05, 0) is 118 Å². The van der Waals surface area contributed by atoms with Crippen LogP contribution in [0.2, 0.25) is 0 Å². The molecule has 0 amide bonds. The lowest BCUT2D eigenvalue weighted by Crippen LogP contribution is -2.26. The van der Waals surface area contributed by atoms with E-state index in [0.717, 1.165) is 35.4 Å². The van der Waals surface area contributed by atoms with Crippen LogP contribution in [0.15, 0.2) is 56.8 Å². The summed E-state index contributed by atoms with van der Waals surface area (Å²) in [4.78, 5) is 6.10. The van der Waals surface area contributed by atoms with Crippen molar-refractivity contribution in [1.82, 2.24) is 0 Å². The van der Waals surface area contributed by atoms with E-state index >= 15 is 0 Å². The normalized spacial score (nSPS) is 22.2. The molecule has 1 heterocycles. The van der Waals surface area contributed by atoms with Gasteiger partial charge < -0.3 is 0 Å². The van der Waals surface area contributed by atoms with Gasteiger partial charge in [0.2, 0.25) is 0 Å². The highest BCUT2D eigenvalue weighted by molar-refractivity contribution is 7.98. The molecule has 32 heavy (non-hydrogen) atoms. The van der Waals surface area contributed by atoms with E-state index in [4.69, 9.17) is 4.99 Å². The van der Waals surface area contributed by atoms with Crippen LogP contribution in [0.4, 0.5) is 10.1 Å². The Balaban J connectivity index is 1.48. The van der Waals surface area contributed by atoms with Gasteiger partial charge in [0.05, 0.1) is 5.69 Å². The van der Waals surface area contributed by atoms with Gasteiger partial charge in [-0.1, -0.05) is 24.6 Å². The van der Waals surface area contributed by atoms with Crippen molar-refractivity contribution in [3.63, 3.8) is 0 Å². The van der Waals surface area contributed by atoms with Crippen LogP contribution in [0.5, 0.6) is 0 Å². The fourth-order valence-corrected chi connectivity index (χ4v) is 6.10. The third kappa shape index (κ3) is 5.06. The van der Waals surface area contributed by atoms with Crippen LogP contribution >= 0.6 is 11.9 Å². The summed E-state index contributed by atoms with van der Waals surface area (Å²) in [6.07, 6.45) is 9.75. The summed E-state index contributed by atoms with van der Waals surface area (Å²) in [5, 5.41) is 0. The number of halogens is 1. The molecule has 168 valence electrons. The van der Waals surface area contributed by atoms with Crippen LogP contribution < -0.4 is 0 Å². The largest absolute Gasteiger partial charge is 0.258 e. The molecule has 0 bridgehead atoms. The molecule has 2 aliphatic rings. The number of benzene rings is 2. The maximum Gasteiger partial charge on any atom is 0.123 e. The molecule has 0 spiro atoms. The minimum atomic E-state index is -0.171. The van der Waals surface area contributed by atoms with Crippen molar-refractivity contribution >= 4 is 35.1 Å². The standard InChI is InChI=1S/C28H33FN2S/c1-5-24(20(4)31-27-12-6-18(2)16-19(27)3)21-7-9-22(10-8-21)25-14-15-30-32-28-13-11-23(29)17-26(25)28/h6,11-17,21-22,24H,5,7-10H2,1-4H3/b31-20+. The zero-order valence-corrected chi connectivity index (χ0v) is 20.4. The second-order valence-electron chi connectivity index (χ2n) is 9.28. The lowest BCUT2D eigenvalue weighted by atomic mass is 9.71. The summed E-state index contributed by atoms with van der Waals surface area (Å²) in [7, 11) is 0. The molecular formula is C28H33FN2S. The number of allylic oxidation sites excluding steroid dienone is 2. The van der Waals surface area contributed by atoms with E-state index in [1.807, 2.05) is 12.3 Å². The van der Waals surface area contributed by atoms with E-state index in [1.54, 1.807) is 6.07 Å². The Morgan fingerprint density at radius 2 is 1.91 bits per heavy atom. The van der Waals surface area contributed by atoms with Crippen molar-refractivity contribution in [2.75, 3.05) is 0 Å². The lowest BCUT2D eigenvalue weighted by molar-refractivity contribution is 0.264. The molecule has 2 aromatic carbocycles. The van der Waals surface area contributed by atoms with E-state index in [0.29, 0.717) is 17.8 Å². The lowest BCUT2D eigenvalue weighted by Gasteiger charge is -2.35. The van der Waals surface area contributed by atoms with Gasteiger partial charge in [-0.25, -0.2) is 8.79 Å². The third-order valence-electron chi connectivity index (χ3n) is 7.12. The summed E-state index contributed by atoms with van der Waals surface area (Å²) >= 11 is 1.44. The maximum atomic E-state index is 14.0. The number of fused-ring (bicyclic) bond motifs is 1. The van der Waals surface area contributed by atoms with Gasteiger partial charge in [-0.2, -0.15) is 0 Å². The van der Waals surface area contributed by atoms with Gasteiger partial charge in [-0.3, -0.25) is 4.99 Å². The van der Waals surface area contributed by atoms with E-state index in [9.17, 15) is 4.39 Å². The van der Waals surface area contributed by atoms with E-state index < -0.39 is 0 Å². The zero-order valence-electron chi connectivity index (χ0n) is 19.6. The molecule has 1 unspecified atom stereocenters. The number of rotatable bonds is 5. The van der Waals surface area contributed by atoms with Gasteiger partial charge in [0, 0.05) is 28.8 Å². The number of aliphatic imine (C=N–C) groups is 1. The Morgan fingerprint density at radius 1 is 1.12 bits per heavy atom. The second-order valence-corrected chi connectivity index (χ2v) is 10.1. The van der Waals surface area contributed by atoms with Crippen LogP contribution in [0.3, 0.4) is 0 Å². The Morgan fingerprint density at radius 3 is 2.62 bits per heavy atom. The minimum Gasteiger partial charge on any atom is -0.258 e. The van der Waals surface area contributed by atoms with Gasteiger partial charge >= 0.3 is 0 Å². The fraction of sp³-hybridized carbons (Fsp3) is 0.429. The molecule has 1 aliphatic heterocycles. The van der Waals surface area contributed by atoms with Crippen LogP contribution in [0.25, 0.3) is 5.57 Å². The SMILES string of the molecule is CCC(/C(C)=N/c1ccc(C)cc1C)C1CCC(C2=CC=NSc3ccc(F)cc32)CC1. The topological polar surface area (TPSA) is 24.7 Å². The van der Waals surface area contributed by atoms with Crippen molar-refractivity contribution < 1.29 is 4.39 Å². The second kappa shape index (κ2) is 10.2. The number of hydrogen-bond donors (Lipinski definition) is 0. The van der Waals surface area contributed by atoms with E-state index in [-0.39, 0.29) is 5.82 Å². The number of aryl methyl sites for hydroxylation is 2. The molecule has 2 nitrogen and oxygen atoms in total. The first kappa shape index (κ1) is 23.0. The van der Waals surface area contributed by atoms with Crippen LogP contribution in [0, 0.1) is 37.4 Å². The van der Waals surface area contributed by atoms with Crippen LogP contribution in [-0.2, 0) is 0 Å². The zero-order chi connectivity index (χ0) is 22.7. The van der Waals surface area contributed by atoms with Crippen LogP contribution in [0.1, 0.15) is 62.6 Å². The maximum absolute atomic E-state index is 14.0. The van der Waals surface area contributed by atoms with Crippen LogP contribution in [-0.4, -0.2) is 11.9 Å². The summed E-state index contributed by atoms with van der Waals surface area (Å²) in [6.45, 7) is 8.77. The van der Waals surface area contributed by atoms with Gasteiger partial charge in [0.1, 0.15) is 5.82 Å². The van der Waals surface area contributed by atoms with Crippen molar-refractivity contribution in [1.29, 1.82) is 0 Å². The predicted octanol–water partition coefficient (Wildman–Crippen LogP) is 8.54. The molecule has 0 radical (unpaired) electrons. The smallest absolute Gasteiger partial charge is 0.123 e. The molecule has 1 saturated carbocycles. The Labute approximate surface area is 196 Å². The highest BCUT2D eigenvalue weighted by Crippen LogP contribution is 2.44. The average Bonchev–Trinajstić information content (AvgIpc) is 2.99. The van der Waals surface area contributed by atoms with E-state index in [1.165, 1.54) is 53.3 Å².